The molecule has 1 saturated carbocycles. The number of hydrogen-bond acceptors (Lipinski definition) is 4. The highest BCUT2D eigenvalue weighted by atomic mass is 127. The lowest BCUT2D eigenvalue weighted by Gasteiger charge is -2.48. The molecule has 0 bridgehead atoms. The van der Waals surface area contributed by atoms with Crippen LogP contribution in [0.2, 0.25) is 0 Å². The second-order valence-corrected chi connectivity index (χ2v) is 8.34. The molecule has 2 aliphatic rings. The first-order valence-corrected chi connectivity index (χ1v) is 10.8. The molecular formula is C22H37FIN5O. The van der Waals surface area contributed by atoms with E-state index in [2.05, 4.69) is 20.5 Å². The Bertz CT molecular complexity index is 688. The van der Waals surface area contributed by atoms with Crippen LogP contribution in [-0.4, -0.2) is 70.4 Å². The van der Waals surface area contributed by atoms with Crippen molar-refractivity contribution in [1.29, 1.82) is 0 Å². The minimum absolute atomic E-state index is 0. The number of benzene rings is 1. The average Bonchev–Trinajstić information content (AvgIpc) is 2.75. The molecule has 8 heteroatoms. The molecule has 2 fully saturated rings. The second-order valence-electron chi connectivity index (χ2n) is 8.34. The lowest BCUT2D eigenvalue weighted by Crippen LogP contribution is -2.60. The number of ether oxygens (including phenoxy) is 1. The van der Waals surface area contributed by atoms with Crippen LogP contribution in [0.3, 0.4) is 0 Å². The summed E-state index contributed by atoms with van der Waals surface area (Å²) >= 11 is 0. The number of hydrogen-bond donors (Lipinski definition) is 2. The fraction of sp³-hybridized carbons (Fsp3) is 0.682. The van der Waals surface area contributed by atoms with E-state index >= 15 is 0 Å². The maximum atomic E-state index is 14.2. The molecular weight excluding hydrogens is 496 g/mol. The molecule has 0 atom stereocenters. The Morgan fingerprint density at radius 3 is 2.47 bits per heavy atom. The number of aliphatic imine (C=N–C) groups is 1. The van der Waals surface area contributed by atoms with Crippen LogP contribution in [-0.2, 0) is 11.3 Å². The van der Waals surface area contributed by atoms with Gasteiger partial charge < -0.3 is 20.3 Å². The van der Waals surface area contributed by atoms with Crippen molar-refractivity contribution in [2.45, 2.75) is 44.2 Å². The summed E-state index contributed by atoms with van der Waals surface area (Å²) < 4.78 is 19.8. The van der Waals surface area contributed by atoms with E-state index in [1.807, 2.05) is 26.2 Å². The number of guanidine groups is 1. The first-order chi connectivity index (χ1) is 14.0. The van der Waals surface area contributed by atoms with Crippen molar-refractivity contribution >= 4 is 35.6 Å². The Hall–Kier alpha value is -1.13. The van der Waals surface area contributed by atoms with E-state index < -0.39 is 0 Å². The van der Waals surface area contributed by atoms with Crippen molar-refractivity contribution in [1.82, 2.24) is 15.5 Å². The number of halogens is 2. The summed E-state index contributed by atoms with van der Waals surface area (Å²) in [6.07, 6.45) is 6.32. The van der Waals surface area contributed by atoms with Gasteiger partial charge in [-0.15, -0.1) is 24.0 Å². The molecule has 1 heterocycles. The van der Waals surface area contributed by atoms with Crippen LogP contribution in [0.1, 0.15) is 37.7 Å². The molecule has 1 saturated heterocycles. The molecule has 0 spiro atoms. The van der Waals surface area contributed by atoms with E-state index in [-0.39, 0.29) is 35.3 Å². The molecule has 0 radical (unpaired) electrons. The highest BCUT2D eigenvalue weighted by Gasteiger charge is 2.38. The van der Waals surface area contributed by atoms with Gasteiger partial charge in [0.2, 0.25) is 0 Å². The highest BCUT2D eigenvalue weighted by Crippen LogP contribution is 2.33. The number of nitrogens with zero attached hydrogens (tertiary/aromatic N) is 3. The summed E-state index contributed by atoms with van der Waals surface area (Å²) in [6, 6.07) is 5.36. The number of nitrogens with one attached hydrogen (secondary N) is 2. The van der Waals surface area contributed by atoms with Crippen molar-refractivity contribution in [3.8, 4) is 0 Å². The van der Waals surface area contributed by atoms with Crippen molar-refractivity contribution in [2.24, 2.45) is 4.99 Å². The average molecular weight is 533 g/mol. The van der Waals surface area contributed by atoms with Crippen LogP contribution in [0.4, 0.5) is 10.1 Å². The molecule has 0 aromatic heterocycles. The van der Waals surface area contributed by atoms with Crippen molar-refractivity contribution in [3.05, 3.63) is 29.6 Å². The maximum Gasteiger partial charge on any atom is 0.191 e. The number of rotatable bonds is 6. The Labute approximate surface area is 197 Å². The Kier molecular flexibility index (Phi) is 10.1. The zero-order valence-corrected chi connectivity index (χ0v) is 20.9. The lowest BCUT2D eigenvalue weighted by atomic mass is 9.80. The van der Waals surface area contributed by atoms with E-state index in [4.69, 9.17) is 4.74 Å². The topological polar surface area (TPSA) is 52.1 Å². The van der Waals surface area contributed by atoms with Gasteiger partial charge in [-0.1, -0.05) is 25.3 Å². The Morgan fingerprint density at radius 1 is 1.17 bits per heavy atom. The summed E-state index contributed by atoms with van der Waals surface area (Å²) in [5, 5.41) is 6.88. The van der Waals surface area contributed by atoms with Crippen molar-refractivity contribution < 1.29 is 9.13 Å². The minimum atomic E-state index is -0.203. The standard InChI is InChI=1S/C22H36FN5O.HI/c1-24-21(25-16-18-7-8-20(27(2)3)19(23)15-18)26-17-22(9-5-4-6-10-22)28-11-13-29-14-12-28;/h7-8,15H,4-6,9-14,16-17H2,1-3H3,(H2,24,25,26);1H. The van der Waals surface area contributed by atoms with Crippen LogP contribution in [0.5, 0.6) is 0 Å². The fourth-order valence-electron chi connectivity index (χ4n) is 4.53. The van der Waals surface area contributed by atoms with Gasteiger partial charge in [-0.2, -0.15) is 0 Å². The summed E-state index contributed by atoms with van der Waals surface area (Å²) in [7, 11) is 5.47. The molecule has 30 heavy (non-hydrogen) atoms. The Balaban J connectivity index is 0.00000320. The summed E-state index contributed by atoms with van der Waals surface area (Å²) in [4.78, 5) is 8.78. The zero-order valence-electron chi connectivity index (χ0n) is 18.5. The third-order valence-corrected chi connectivity index (χ3v) is 6.23. The van der Waals surface area contributed by atoms with Crippen LogP contribution in [0, 0.1) is 5.82 Å². The molecule has 2 N–H and O–H groups in total. The summed E-state index contributed by atoms with van der Waals surface area (Å²) in [5.74, 6) is 0.561. The van der Waals surface area contributed by atoms with Gasteiger partial charge in [-0.3, -0.25) is 9.89 Å². The first-order valence-electron chi connectivity index (χ1n) is 10.8. The monoisotopic (exact) mass is 533 g/mol. The van der Waals surface area contributed by atoms with Gasteiger partial charge in [0.1, 0.15) is 5.82 Å². The van der Waals surface area contributed by atoms with Gasteiger partial charge >= 0.3 is 0 Å². The second kappa shape index (κ2) is 12.0. The van der Waals surface area contributed by atoms with Gasteiger partial charge in [-0.25, -0.2) is 4.39 Å². The molecule has 1 aromatic rings. The quantitative estimate of drug-likeness (QED) is 0.334. The molecule has 1 aliphatic carbocycles. The van der Waals surface area contributed by atoms with E-state index in [1.54, 1.807) is 18.0 Å². The largest absolute Gasteiger partial charge is 0.379 e. The highest BCUT2D eigenvalue weighted by molar-refractivity contribution is 14.0. The van der Waals surface area contributed by atoms with Crippen LogP contribution >= 0.6 is 24.0 Å². The zero-order chi connectivity index (χ0) is 20.7. The molecule has 3 rings (SSSR count). The van der Waals surface area contributed by atoms with Crippen LogP contribution in [0.15, 0.2) is 23.2 Å². The SMILES string of the molecule is CN=C(NCc1ccc(N(C)C)c(F)c1)NCC1(N2CCOCC2)CCCCC1.I. The van der Waals surface area contributed by atoms with E-state index in [1.165, 1.54) is 32.1 Å². The van der Waals surface area contributed by atoms with Gasteiger partial charge in [0.15, 0.2) is 5.96 Å². The van der Waals surface area contributed by atoms with Gasteiger partial charge in [-0.05, 0) is 30.5 Å². The lowest BCUT2D eigenvalue weighted by molar-refractivity contribution is -0.0352. The fourth-order valence-corrected chi connectivity index (χ4v) is 4.53. The number of anilines is 1. The predicted molar refractivity (Wildman–Crippen MR) is 133 cm³/mol. The van der Waals surface area contributed by atoms with E-state index in [0.717, 1.165) is 44.4 Å². The predicted octanol–water partition coefficient (Wildman–Crippen LogP) is 3.21. The smallest absolute Gasteiger partial charge is 0.191 e. The molecule has 1 aliphatic heterocycles. The normalized spacial score (nSPS) is 19.7. The molecule has 0 amide bonds. The molecule has 0 unspecified atom stereocenters. The van der Waals surface area contributed by atoms with Crippen molar-refractivity contribution in [2.75, 3.05) is 58.9 Å². The summed E-state index contributed by atoms with van der Waals surface area (Å²) in [6.45, 7) is 5.07. The number of morpholine rings is 1. The van der Waals surface area contributed by atoms with Crippen LogP contribution < -0.4 is 15.5 Å². The van der Waals surface area contributed by atoms with E-state index in [9.17, 15) is 4.39 Å². The van der Waals surface area contributed by atoms with Gasteiger partial charge in [0.05, 0.1) is 18.9 Å². The molecule has 1 aromatic carbocycles. The van der Waals surface area contributed by atoms with Gasteiger partial charge in [0.25, 0.3) is 0 Å². The Morgan fingerprint density at radius 2 is 1.87 bits per heavy atom. The van der Waals surface area contributed by atoms with Gasteiger partial charge in [0, 0.05) is 52.9 Å². The maximum absolute atomic E-state index is 14.2. The third-order valence-electron chi connectivity index (χ3n) is 6.23. The third kappa shape index (κ3) is 6.43. The first kappa shape index (κ1) is 25.1. The molecule has 170 valence electrons. The van der Waals surface area contributed by atoms with Crippen molar-refractivity contribution in [3.63, 3.8) is 0 Å². The molecule has 6 nitrogen and oxygen atoms in total. The van der Waals surface area contributed by atoms with Crippen LogP contribution in [0.25, 0.3) is 0 Å². The van der Waals surface area contributed by atoms with E-state index in [0.29, 0.717) is 12.2 Å². The summed E-state index contributed by atoms with van der Waals surface area (Å²) in [5.41, 5.74) is 1.68. The minimum Gasteiger partial charge on any atom is -0.379 e.